The number of hydrogen-bond acceptors (Lipinski definition) is 4. The first-order valence-electron chi connectivity index (χ1n) is 5.87. The van der Waals surface area contributed by atoms with Crippen LogP contribution in [0.3, 0.4) is 0 Å². The average Bonchev–Trinajstić information content (AvgIpc) is 2.85. The molecule has 2 rings (SSSR count). The molecule has 100 valence electrons. The maximum Gasteiger partial charge on any atom is 0.124 e. The SMILES string of the molecule is CCc1cnc(CNc2ccc(F)cc2C(N)=S)s1. The van der Waals surface area contributed by atoms with Gasteiger partial charge in [-0.1, -0.05) is 19.1 Å². The maximum atomic E-state index is 13.2. The summed E-state index contributed by atoms with van der Waals surface area (Å²) in [6.07, 6.45) is 2.85. The Labute approximate surface area is 120 Å². The Balaban J connectivity index is 2.12. The van der Waals surface area contributed by atoms with Gasteiger partial charge in [0.25, 0.3) is 0 Å². The van der Waals surface area contributed by atoms with Gasteiger partial charge in [0.1, 0.15) is 15.8 Å². The molecule has 1 aromatic carbocycles. The summed E-state index contributed by atoms with van der Waals surface area (Å²) >= 11 is 6.58. The average molecular weight is 295 g/mol. The molecule has 0 atom stereocenters. The molecule has 6 heteroatoms. The van der Waals surface area contributed by atoms with Crippen LogP contribution in [0.25, 0.3) is 0 Å². The normalized spacial score (nSPS) is 10.4. The van der Waals surface area contributed by atoms with Gasteiger partial charge >= 0.3 is 0 Å². The summed E-state index contributed by atoms with van der Waals surface area (Å²) in [6.45, 7) is 2.67. The number of nitrogens with one attached hydrogen (secondary N) is 1. The molecule has 0 amide bonds. The summed E-state index contributed by atoms with van der Waals surface area (Å²) in [7, 11) is 0. The van der Waals surface area contributed by atoms with Gasteiger partial charge in [-0.05, 0) is 24.6 Å². The monoisotopic (exact) mass is 295 g/mol. The van der Waals surface area contributed by atoms with Crippen LogP contribution in [0.2, 0.25) is 0 Å². The summed E-state index contributed by atoms with van der Waals surface area (Å²) in [6, 6.07) is 4.35. The number of benzene rings is 1. The van der Waals surface area contributed by atoms with Gasteiger partial charge < -0.3 is 11.1 Å². The molecule has 1 aromatic heterocycles. The second kappa shape index (κ2) is 6.08. The van der Waals surface area contributed by atoms with Crippen LogP contribution >= 0.6 is 23.6 Å². The number of aromatic nitrogens is 1. The zero-order valence-electron chi connectivity index (χ0n) is 10.4. The summed E-state index contributed by atoms with van der Waals surface area (Å²) in [5.74, 6) is -0.351. The van der Waals surface area contributed by atoms with Gasteiger partial charge in [-0.3, -0.25) is 0 Å². The second-order valence-electron chi connectivity index (χ2n) is 3.98. The molecule has 0 aliphatic carbocycles. The number of anilines is 1. The lowest BCUT2D eigenvalue weighted by atomic mass is 10.1. The second-order valence-corrected chi connectivity index (χ2v) is 5.62. The van der Waals surface area contributed by atoms with E-state index in [0.717, 1.165) is 17.1 Å². The molecular formula is C13H14FN3S2. The number of rotatable bonds is 5. The highest BCUT2D eigenvalue weighted by atomic mass is 32.1. The Hall–Kier alpha value is -1.53. The van der Waals surface area contributed by atoms with Crippen LogP contribution in [0, 0.1) is 5.82 Å². The van der Waals surface area contributed by atoms with Crippen molar-refractivity contribution in [2.45, 2.75) is 19.9 Å². The third-order valence-electron chi connectivity index (χ3n) is 2.63. The molecule has 0 fully saturated rings. The van der Waals surface area contributed by atoms with E-state index in [1.165, 1.54) is 17.0 Å². The van der Waals surface area contributed by atoms with Gasteiger partial charge in [0.2, 0.25) is 0 Å². The van der Waals surface area contributed by atoms with Crippen molar-refractivity contribution in [3.8, 4) is 0 Å². The van der Waals surface area contributed by atoms with Crippen molar-refractivity contribution in [3.05, 3.63) is 45.7 Å². The number of thiocarbonyl (C=S) groups is 1. The van der Waals surface area contributed by atoms with E-state index in [4.69, 9.17) is 18.0 Å². The van der Waals surface area contributed by atoms with Crippen LogP contribution < -0.4 is 11.1 Å². The minimum atomic E-state index is -0.351. The maximum absolute atomic E-state index is 13.2. The van der Waals surface area contributed by atoms with E-state index < -0.39 is 0 Å². The Morgan fingerprint density at radius 1 is 1.53 bits per heavy atom. The van der Waals surface area contributed by atoms with Crippen LogP contribution in [0.4, 0.5) is 10.1 Å². The highest BCUT2D eigenvalue weighted by molar-refractivity contribution is 7.80. The van der Waals surface area contributed by atoms with Gasteiger partial charge in [0, 0.05) is 22.3 Å². The quantitative estimate of drug-likeness (QED) is 0.832. The Bertz CT molecular complexity index is 595. The van der Waals surface area contributed by atoms with Crippen LogP contribution in [0.15, 0.2) is 24.4 Å². The lowest BCUT2D eigenvalue weighted by molar-refractivity contribution is 0.627. The lowest BCUT2D eigenvalue weighted by Gasteiger charge is -2.10. The van der Waals surface area contributed by atoms with E-state index in [9.17, 15) is 4.39 Å². The summed E-state index contributed by atoms with van der Waals surface area (Å²) in [5, 5.41) is 4.17. The molecule has 0 aliphatic heterocycles. The smallest absolute Gasteiger partial charge is 0.124 e. The van der Waals surface area contributed by atoms with E-state index >= 15 is 0 Å². The number of nitrogens with two attached hydrogens (primary N) is 1. The van der Waals surface area contributed by atoms with Crippen molar-refractivity contribution in [1.82, 2.24) is 4.98 Å². The van der Waals surface area contributed by atoms with E-state index in [-0.39, 0.29) is 10.8 Å². The molecule has 3 nitrogen and oxygen atoms in total. The predicted octanol–water partition coefficient (Wildman–Crippen LogP) is 3.09. The van der Waals surface area contributed by atoms with Crippen molar-refractivity contribution in [2.24, 2.45) is 5.73 Å². The molecule has 0 unspecified atom stereocenters. The van der Waals surface area contributed by atoms with Gasteiger partial charge in [-0.15, -0.1) is 11.3 Å². The third-order valence-corrected chi connectivity index (χ3v) is 3.99. The van der Waals surface area contributed by atoms with E-state index in [2.05, 4.69) is 17.2 Å². The van der Waals surface area contributed by atoms with Crippen LogP contribution in [-0.2, 0) is 13.0 Å². The zero-order chi connectivity index (χ0) is 13.8. The summed E-state index contributed by atoms with van der Waals surface area (Å²) < 4.78 is 13.2. The van der Waals surface area contributed by atoms with E-state index in [1.54, 1.807) is 17.4 Å². The topological polar surface area (TPSA) is 50.9 Å². The van der Waals surface area contributed by atoms with E-state index in [0.29, 0.717) is 12.1 Å². The molecule has 1 heterocycles. The summed E-state index contributed by atoms with van der Waals surface area (Å²) in [5.41, 5.74) is 6.83. The highest BCUT2D eigenvalue weighted by Crippen LogP contribution is 2.19. The minimum absolute atomic E-state index is 0.176. The van der Waals surface area contributed by atoms with Crippen molar-refractivity contribution >= 4 is 34.2 Å². The van der Waals surface area contributed by atoms with Crippen molar-refractivity contribution in [3.63, 3.8) is 0 Å². The standard InChI is InChI=1S/C13H14FN3S2/c1-2-9-6-17-12(19-9)7-16-11-4-3-8(14)5-10(11)13(15)18/h3-6,16H,2,7H2,1H3,(H2,15,18). The molecule has 0 saturated heterocycles. The van der Waals surface area contributed by atoms with E-state index in [1.807, 2.05) is 6.20 Å². The first-order chi connectivity index (χ1) is 9.10. The fourth-order valence-electron chi connectivity index (χ4n) is 1.64. The van der Waals surface area contributed by atoms with Gasteiger partial charge in [-0.25, -0.2) is 9.37 Å². The number of nitrogens with zero attached hydrogens (tertiary/aromatic N) is 1. The number of hydrogen-bond donors (Lipinski definition) is 2. The first kappa shape index (κ1) is 13.9. The molecule has 19 heavy (non-hydrogen) atoms. The molecule has 0 aliphatic rings. The Morgan fingerprint density at radius 2 is 2.32 bits per heavy atom. The molecule has 3 N–H and O–H groups in total. The molecule has 0 saturated carbocycles. The Kier molecular flexibility index (Phi) is 4.44. The number of halogens is 1. The van der Waals surface area contributed by atoms with Gasteiger partial charge in [0.15, 0.2) is 0 Å². The van der Waals surface area contributed by atoms with Gasteiger partial charge in [0.05, 0.1) is 6.54 Å². The van der Waals surface area contributed by atoms with Crippen molar-refractivity contribution in [1.29, 1.82) is 0 Å². The highest BCUT2D eigenvalue weighted by Gasteiger charge is 2.07. The number of aryl methyl sites for hydroxylation is 1. The fraction of sp³-hybridized carbons (Fsp3) is 0.231. The Morgan fingerprint density at radius 3 is 2.95 bits per heavy atom. The first-order valence-corrected chi connectivity index (χ1v) is 7.09. The van der Waals surface area contributed by atoms with Crippen LogP contribution in [0.1, 0.15) is 22.4 Å². The largest absolute Gasteiger partial charge is 0.389 e. The number of thiazole rings is 1. The van der Waals surface area contributed by atoms with Crippen LogP contribution in [-0.4, -0.2) is 9.97 Å². The fourth-order valence-corrected chi connectivity index (χ4v) is 2.61. The van der Waals surface area contributed by atoms with Crippen molar-refractivity contribution in [2.75, 3.05) is 5.32 Å². The zero-order valence-corrected chi connectivity index (χ0v) is 12.1. The molecule has 0 spiro atoms. The van der Waals surface area contributed by atoms with Crippen molar-refractivity contribution < 1.29 is 4.39 Å². The third kappa shape index (κ3) is 3.48. The van der Waals surface area contributed by atoms with Crippen LogP contribution in [0.5, 0.6) is 0 Å². The summed E-state index contributed by atoms with van der Waals surface area (Å²) in [4.78, 5) is 5.73. The molecule has 2 aromatic rings. The molecule has 0 radical (unpaired) electrons. The minimum Gasteiger partial charge on any atom is -0.389 e. The predicted molar refractivity (Wildman–Crippen MR) is 81.1 cm³/mol. The molecule has 0 bridgehead atoms. The lowest BCUT2D eigenvalue weighted by Crippen LogP contribution is -2.13. The molecular weight excluding hydrogens is 281 g/mol. The van der Waals surface area contributed by atoms with Gasteiger partial charge in [-0.2, -0.15) is 0 Å².